The minimum Gasteiger partial charge on any atom is -0.368 e. The van der Waals surface area contributed by atoms with Gasteiger partial charge in [-0.15, -0.1) is 0 Å². The summed E-state index contributed by atoms with van der Waals surface area (Å²) in [5, 5.41) is 6.74. The number of rotatable bonds is 10. The topological polar surface area (TPSA) is 91.6 Å². The molecule has 0 radical (unpaired) electrons. The molecule has 8 heteroatoms. The van der Waals surface area contributed by atoms with Crippen LogP contribution in [0.3, 0.4) is 0 Å². The molecule has 1 N–H and O–H groups in total. The van der Waals surface area contributed by atoms with E-state index in [1.807, 2.05) is 23.1 Å². The van der Waals surface area contributed by atoms with Crippen molar-refractivity contribution in [3.63, 3.8) is 0 Å². The number of anilines is 1. The Morgan fingerprint density at radius 1 is 1.07 bits per heavy atom. The van der Waals surface area contributed by atoms with Crippen LogP contribution in [-0.2, 0) is 22.4 Å². The lowest BCUT2D eigenvalue weighted by atomic mass is 10.2. The lowest BCUT2D eigenvalue weighted by Gasteiger charge is -2.36. The second kappa shape index (κ2) is 11.3. The Kier molecular flexibility index (Phi) is 8.23. The van der Waals surface area contributed by atoms with Crippen molar-refractivity contribution in [1.82, 2.24) is 20.4 Å². The van der Waals surface area contributed by atoms with Gasteiger partial charge in [0.25, 0.3) is 0 Å². The van der Waals surface area contributed by atoms with Crippen LogP contribution in [-0.4, -0.2) is 59.6 Å². The van der Waals surface area contributed by atoms with E-state index in [0.29, 0.717) is 51.2 Å². The van der Waals surface area contributed by atoms with E-state index in [1.165, 1.54) is 5.69 Å². The molecule has 0 bridgehead atoms. The van der Waals surface area contributed by atoms with Crippen LogP contribution in [0, 0.1) is 0 Å². The molecule has 1 aromatic heterocycles. The summed E-state index contributed by atoms with van der Waals surface area (Å²) < 4.78 is 5.17. The monoisotopic (exact) mass is 413 g/mol. The summed E-state index contributed by atoms with van der Waals surface area (Å²) in [5.74, 6) is 1.35. The van der Waals surface area contributed by atoms with E-state index in [1.54, 1.807) is 0 Å². The zero-order valence-electron chi connectivity index (χ0n) is 17.7. The average molecular weight is 414 g/mol. The van der Waals surface area contributed by atoms with Crippen molar-refractivity contribution < 1.29 is 14.1 Å². The molecule has 0 spiro atoms. The van der Waals surface area contributed by atoms with Gasteiger partial charge < -0.3 is 19.6 Å². The van der Waals surface area contributed by atoms with Crippen LogP contribution in [0.4, 0.5) is 5.69 Å². The average Bonchev–Trinajstić information content (AvgIpc) is 3.22. The molecule has 0 atom stereocenters. The van der Waals surface area contributed by atoms with Crippen molar-refractivity contribution in [3.05, 3.63) is 42.0 Å². The fraction of sp³-hybridized carbons (Fsp3) is 0.545. The molecular weight excluding hydrogens is 382 g/mol. The van der Waals surface area contributed by atoms with Crippen LogP contribution in [0.25, 0.3) is 0 Å². The van der Waals surface area contributed by atoms with Crippen molar-refractivity contribution in [2.45, 2.75) is 45.4 Å². The van der Waals surface area contributed by atoms with Crippen LogP contribution >= 0.6 is 0 Å². The van der Waals surface area contributed by atoms with Crippen molar-refractivity contribution in [1.29, 1.82) is 0 Å². The molecule has 1 saturated heterocycles. The number of hydrogen-bond acceptors (Lipinski definition) is 6. The highest BCUT2D eigenvalue weighted by Gasteiger charge is 2.21. The van der Waals surface area contributed by atoms with E-state index in [-0.39, 0.29) is 11.8 Å². The fourth-order valence-corrected chi connectivity index (χ4v) is 3.53. The van der Waals surface area contributed by atoms with Gasteiger partial charge in [0.2, 0.25) is 17.7 Å². The Morgan fingerprint density at radius 3 is 2.57 bits per heavy atom. The Bertz CT molecular complexity index is 800. The summed E-state index contributed by atoms with van der Waals surface area (Å²) >= 11 is 0. The molecular formula is C22H31N5O3. The largest absolute Gasteiger partial charge is 0.368 e. The van der Waals surface area contributed by atoms with Gasteiger partial charge in [-0.1, -0.05) is 30.3 Å². The highest BCUT2D eigenvalue weighted by atomic mass is 16.5. The molecule has 1 fully saturated rings. The fourth-order valence-electron chi connectivity index (χ4n) is 3.53. The minimum absolute atomic E-state index is 0.0509. The molecule has 1 aliphatic heterocycles. The predicted molar refractivity (Wildman–Crippen MR) is 114 cm³/mol. The highest BCUT2D eigenvalue weighted by molar-refractivity contribution is 5.79. The van der Waals surface area contributed by atoms with Crippen LogP contribution in [0.2, 0.25) is 0 Å². The van der Waals surface area contributed by atoms with E-state index >= 15 is 0 Å². The maximum absolute atomic E-state index is 12.4. The van der Waals surface area contributed by atoms with Gasteiger partial charge in [-0.2, -0.15) is 4.98 Å². The van der Waals surface area contributed by atoms with Crippen molar-refractivity contribution in [2.24, 2.45) is 0 Å². The van der Waals surface area contributed by atoms with Gasteiger partial charge in [0, 0.05) is 64.1 Å². The molecule has 2 aromatic rings. The number of benzene rings is 1. The van der Waals surface area contributed by atoms with Gasteiger partial charge in [0.1, 0.15) is 0 Å². The predicted octanol–water partition coefficient (Wildman–Crippen LogP) is 2.20. The quantitative estimate of drug-likeness (QED) is 0.642. The zero-order valence-corrected chi connectivity index (χ0v) is 17.7. The summed E-state index contributed by atoms with van der Waals surface area (Å²) in [6, 6.07) is 10.2. The van der Waals surface area contributed by atoms with Crippen molar-refractivity contribution in [3.8, 4) is 0 Å². The molecule has 2 amide bonds. The van der Waals surface area contributed by atoms with Crippen molar-refractivity contribution >= 4 is 17.5 Å². The first kappa shape index (κ1) is 21.8. The molecule has 1 aromatic carbocycles. The third-order valence-corrected chi connectivity index (χ3v) is 5.19. The second-order valence-electron chi connectivity index (χ2n) is 7.51. The molecule has 0 saturated carbocycles. The van der Waals surface area contributed by atoms with Crippen LogP contribution in [0.5, 0.6) is 0 Å². The number of para-hydroxylation sites is 1. The molecule has 1 aliphatic rings. The minimum atomic E-state index is -0.0509. The third kappa shape index (κ3) is 6.57. The maximum Gasteiger partial charge on any atom is 0.226 e. The Labute approximate surface area is 177 Å². The Hall–Kier alpha value is -2.90. The lowest BCUT2D eigenvalue weighted by Crippen LogP contribution is -2.49. The first-order valence-electron chi connectivity index (χ1n) is 10.8. The first-order valence-corrected chi connectivity index (χ1v) is 10.8. The number of hydrogen-bond donors (Lipinski definition) is 1. The number of amides is 2. The van der Waals surface area contributed by atoms with E-state index in [0.717, 1.165) is 31.8 Å². The molecule has 0 aliphatic carbocycles. The van der Waals surface area contributed by atoms with Gasteiger partial charge >= 0.3 is 0 Å². The smallest absolute Gasteiger partial charge is 0.226 e. The number of carbonyl (C=O) groups is 2. The number of nitrogens with zero attached hydrogens (tertiary/aromatic N) is 4. The van der Waals surface area contributed by atoms with Gasteiger partial charge in [0.15, 0.2) is 5.82 Å². The molecule has 2 heterocycles. The SMILES string of the molecule is CCCc1noc(CCCC(=O)NCCC(=O)N2CCN(c3ccccc3)CC2)n1. The second-order valence-corrected chi connectivity index (χ2v) is 7.51. The van der Waals surface area contributed by atoms with E-state index in [2.05, 4.69) is 39.4 Å². The highest BCUT2D eigenvalue weighted by Crippen LogP contribution is 2.15. The number of aryl methyl sites for hydroxylation is 2. The van der Waals surface area contributed by atoms with Gasteiger partial charge in [-0.05, 0) is 25.0 Å². The Morgan fingerprint density at radius 2 is 1.83 bits per heavy atom. The first-order chi connectivity index (χ1) is 14.7. The summed E-state index contributed by atoms with van der Waals surface area (Å²) in [4.78, 5) is 32.9. The number of piperazine rings is 1. The number of carbonyl (C=O) groups excluding carboxylic acids is 2. The van der Waals surface area contributed by atoms with Crippen LogP contribution in [0.1, 0.15) is 44.3 Å². The standard InChI is InChI=1S/C22H31N5O3/c1-2-7-19-24-21(30-25-19)11-6-10-20(28)23-13-12-22(29)27-16-14-26(15-17-27)18-8-4-3-5-9-18/h3-5,8-9H,2,6-7,10-17H2,1H3,(H,23,28). The normalized spacial score (nSPS) is 14.0. The summed E-state index contributed by atoms with van der Waals surface area (Å²) in [6.07, 6.45) is 3.74. The molecule has 30 heavy (non-hydrogen) atoms. The number of aromatic nitrogens is 2. The maximum atomic E-state index is 12.4. The lowest BCUT2D eigenvalue weighted by molar-refractivity contribution is -0.131. The van der Waals surface area contributed by atoms with Crippen LogP contribution < -0.4 is 10.2 Å². The molecule has 162 valence electrons. The van der Waals surface area contributed by atoms with Gasteiger partial charge in [0.05, 0.1) is 0 Å². The number of nitrogens with one attached hydrogen (secondary N) is 1. The van der Waals surface area contributed by atoms with Gasteiger partial charge in [-0.3, -0.25) is 9.59 Å². The van der Waals surface area contributed by atoms with Crippen molar-refractivity contribution in [2.75, 3.05) is 37.6 Å². The third-order valence-electron chi connectivity index (χ3n) is 5.19. The molecule has 3 rings (SSSR count). The van der Waals surface area contributed by atoms with E-state index in [9.17, 15) is 9.59 Å². The van der Waals surface area contributed by atoms with E-state index < -0.39 is 0 Å². The van der Waals surface area contributed by atoms with E-state index in [4.69, 9.17) is 4.52 Å². The summed E-state index contributed by atoms with van der Waals surface area (Å²) in [5.41, 5.74) is 1.19. The summed E-state index contributed by atoms with van der Waals surface area (Å²) in [7, 11) is 0. The molecule has 8 nitrogen and oxygen atoms in total. The molecule has 0 unspecified atom stereocenters. The Balaban J connectivity index is 1.27. The van der Waals surface area contributed by atoms with Gasteiger partial charge in [-0.25, -0.2) is 0 Å². The zero-order chi connectivity index (χ0) is 21.2. The van der Waals surface area contributed by atoms with Crippen LogP contribution in [0.15, 0.2) is 34.9 Å². The summed E-state index contributed by atoms with van der Waals surface area (Å²) in [6.45, 7) is 5.53.